The Bertz CT molecular complexity index is 482. The Morgan fingerprint density at radius 3 is 2.65 bits per heavy atom. The zero-order valence-corrected chi connectivity index (χ0v) is 19.0. The Hall–Kier alpha value is -0.830. The van der Waals surface area contributed by atoms with Crippen molar-refractivity contribution in [2.45, 2.75) is 58.0 Å². The number of hydrogen-bond acceptors (Lipinski definition) is 3. The van der Waals surface area contributed by atoms with Crippen molar-refractivity contribution in [2.75, 3.05) is 33.7 Å². The van der Waals surface area contributed by atoms with Gasteiger partial charge in [-0.2, -0.15) is 5.10 Å². The third-order valence-electron chi connectivity index (χ3n) is 5.05. The van der Waals surface area contributed by atoms with Gasteiger partial charge in [-0.25, -0.2) is 0 Å². The van der Waals surface area contributed by atoms with E-state index in [4.69, 9.17) is 4.99 Å². The molecular weight excluding hydrogens is 439 g/mol. The van der Waals surface area contributed by atoms with Gasteiger partial charge < -0.3 is 15.5 Å². The lowest BCUT2D eigenvalue weighted by Gasteiger charge is -2.34. The monoisotopic (exact) mass is 476 g/mol. The van der Waals surface area contributed by atoms with E-state index in [1.54, 1.807) is 0 Å². The molecule has 1 heterocycles. The number of nitrogens with one attached hydrogen (secondary N) is 2. The van der Waals surface area contributed by atoms with E-state index >= 15 is 0 Å². The predicted molar refractivity (Wildman–Crippen MR) is 120 cm³/mol. The van der Waals surface area contributed by atoms with E-state index < -0.39 is 0 Å². The molecule has 1 aliphatic rings. The van der Waals surface area contributed by atoms with Crippen LogP contribution in [0.4, 0.5) is 0 Å². The van der Waals surface area contributed by atoms with E-state index in [0.717, 1.165) is 44.5 Å². The minimum absolute atomic E-state index is 0. The van der Waals surface area contributed by atoms with Gasteiger partial charge >= 0.3 is 0 Å². The molecule has 1 aromatic rings. The van der Waals surface area contributed by atoms with Crippen LogP contribution < -0.4 is 10.6 Å². The number of rotatable bonds is 9. The van der Waals surface area contributed by atoms with Crippen molar-refractivity contribution in [1.82, 2.24) is 25.3 Å². The second kappa shape index (κ2) is 13.4. The number of aryl methyl sites for hydroxylation is 1. The number of aromatic nitrogens is 2. The predicted octanol–water partition coefficient (Wildman–Crippen LogP) is 2.96. The van der Waals surface area contributed by atoms with Crippen LogP contribution in [0.25, 0.3) is 0 Å². The highest BCUT2D eigenvalue weighted by Gasteiger charge is 2.25. The fourth-order valence-electron chi connectivity index (χ4n) is 3.66. The molecule has 1 unspecified atom stereocenters. The van der Waals surface area contributed by atoms with Gasteiger partial charge in [0.05, 0.1) is 6.54 Å². The van der Waals surface area contributed by atoms with E-state index in [-0.39, 0.29) is 24.0 Å². The average Bonchev–Trinajstić information content (AvgIpc) is 3.13. The molecule has 2 rings (SSSR count). The molecule has 0 aliphatic heterocycles. The maximum atomic E-state index is 4.88. The molecule has 1 saturated carbocycles. The molecule has 7 heteroatoms. The zero-order valence-electron chi connectivity index (χ0n) is 16.7. The summed E-state index contributed by atoms with van der Waals surface area (Å²) in [6.07, 6.45) is 11.7. The number of likely N-dealkylation sites (N-methyl/N-ethyl adjacent to an activating group) is 1. The lowest BCUT2D eigenvalue weighted by atomic mass is 9.83. The normalized spacial score (nSPS) is 17.0. The lowest BCUT2D eigenvalue weighted by molar-refractivity contribution is 0.176. The first-order chi connectivity index (χ1) is 12.2. The summed E-state index contributed by atoms with van der Waals surface area (Å²) >= 11 is 0. The largest absolute Gasteiger partial charge is 0.357 e. The van der Waals surface area contributed by atoms with Crippen molar-refractivity contribution in [3.05, 3.63) is 18.5 Å². The van der Waals surface area contributed by atoms with E-state index in [9.17, 15) is 0 Å². The molecule has 2 N–H and O–H groups in total. The van der Waals surface area contributed by atoms with Crippen molar-refractivity contribution >= 4 is 29.9 Å². The van der Waals surface area contributed by atoms with Gasteiger partial charge in [0.2, 0.25) is 0 Å². The summed E-state index contributed by atoms with van der Waals surface area (Å²) in [5.74, 6) is 1.72. The van der Waals surface area contributed by atoms with Crippen LogP contribution in [0.1, 0.15) is 45.4 Å². The van der Waals surface area contributed by atoms with Gasteiger partial charge in [-0.3, -0.25) is 9.67 Å². The van der Waals surface area contributed by atoms with Crippen molar-refractivity contribution in [1.29, 1.82) is 0 Å². The minimum atomic E-state index is 0. The van der Waals surface area contributed by atoms with Crippen LogP contribution >= 0.6 is 24.0 Å². The summed E-state index contributed by atoms with van der Waals surface area (Å²) < 4.78 is 1.97. The molecule has 1 atom stereocenters. The molecule has 0 aromatic carbocycles. The first kappa shape index (κ1) is 23.2. The van der Waals surface area contributed by atoms with Crippen molar-refractivity contribution < 1.29 is 0 Å². The molecule has 0 bridgehead atoms. The van der Waals surface area contributed by atoms with Gasteiger partial charge in [-0.1, -0.05) is 19.3 Å². The molecule has 0 amide bonds. The number of halogens is 1. The first-order valence-corrected chi connectivity index (χ1v) is 9.86. The first-order valence-electron chi connectivity index (χ1n) is 9.86. The van der Waals surface area contributed by atoms with Gasteiger partial charge in [0, 0.05) is 38.1 Å². The molecule has 0 saturated heterocycles. The van der Waals surface area contributed by atoms with Gasteiger partial charge in [-0.05, 0) is 52.3 Å². The SMILES string of the molecule is CCNC(=NCC(C1CCCCC1)N(C)C)NCCCn1cccn1.I. The Morgan fingerprint density at radius 1 is 1.27 bits per heavy atom. The molecule has 1 aliphatic carbocycles. The molecule has 1 aromatic heterocycles. The van der Waals surface area contributed by atoms with E-state index in [0.29, 0.717) is 6.04 Å². The molecule has 150 valence electrons. The van der Waals surface area contributed by atoms with Gasteiger partial charge in [0.1, 0.15) is 0 Å². The standard InChI is InChI=1S/C19H36N6.HI/c1-4-20-19(21-12-8-14-25-15-9-13-23-25)22-16-18(24(2)3)17-10-6-5-7-11-17;/h9,13,15,17-18H,4-8,10-12,14,16H2,1-3H3,(H2,20,21,22);1H. The maximum absolute atomic E-state index is 4.88. The van der Waals surface area contributed by atoms with Crippen molar-refractivity contribution in [2.24, 2.45) is 10.9 Å². The number of hydrogen-bond donors (Lipinski definition) is 2. The zero-order chi connectivity index (χ0) is 17.9. The summed E-state index contributed by atoms with van der Waals surface area (Å²) in [6.45, 7) is 5.71. The third-order valence-corrected chi connectivity index (χ3v) is 5.05. The summed E-state index contributed by atoms with van der Waals surface area (Å²) in [7, 11) is 4.39. The van der Waals surface area contributed by atoms with Crippen LogP contribution in [-0.4, -0.2) is 60.4 Å². The van der Waals surface area contributed by atoms with E-state index in [1.165, 1.54) is 32.1 Å². The highest BCUT2D eigenvalue weighted by Crippen LogP contribution is 2.28. The number of nitrogens with zero attached hydrogens (tertiary/aromatic N) is 4. The Kier molecular flexibility index (Phi) is 11.9. The van der Waals surface area contributed by atoms with Crippen LogP contribution in [0.3, 0.4) is 0 Å². The second-order valence-corrected chi connectivity index (χ2v) is 7.20. The average molecular weight is 476 g/mol. The second-order valence-electron chi connectivity index (χ2n) is 7.20. The van der Waals surface area contributed by atoms with Gasteiger partial charge in [-0.15, -0.1) is 24.0 Å². The highest BCUT2D eigenvalue weighted by atomic mass is 127. The Balaban J connectivity index is 0.00000338. The third kappa shape index (κ3) is 8.24. The van der Waals surface area contributed by atoms with Gasteiger partial charge in [0.15, 0.2) is 5.96 Å². The lowest BCUT2D eigenvalue weighted by Crippen LogP contribution is -2.42. The minimum Gasteiger partial charge on any atom is -0.357 e. The summed E-state index contributed by atoms with van der Waals surface area (Å²) in [5.41, 5.74) is 0. The van der Waals surface area contributed by atoms with Crippen molar-refractivity contribution in [3.63, 3.8) is 0 Å². The Morgan fingerprint density at radius 2 is 2.04 bits per heavy atom. The summed E-state index contributed by atoms with van der Waals surface area (Å²) in [6, 6.07) is 2.51. The topological polar surface area (TPSA) is 57.5 Å². The van der Waals surface area contributed by atoms with Crippen LogP contribution in [0.5, 0.6) is 0 Å². The molecule has 0 spiro atoms. The van der Waals surface area contributed by atoms with E-state index in [1.807, 2.05) is 23.1 Å². The Labute approximate surface area is 176 Å². The van der Waals surface area contributed by atoms with Crippen LogP contribution in [0.15, 0.2) is 23.5 Å². The smallest absolute Gasteiger partial charge is 0.191 e. The highest BCUT2D eigenvalue weighted by molar-refractivity contribution is 14.0. The van der Waals surface area contributed by atoms with Crippen LogP contribution in [-0.2, 0) is 6.54 Å². The fraction of sp³-hybridized carbons (Fsp3) is 0.789. The quantitative estimate of drug-likeness (QED) is 0.249. The summed E-state index contributed by atoms with van der Waals surface area (Å²) in [5, 5.41) is 11.1. The van der Waals surface area contributed by atoms with Gasteiger partial charge in [0.25, 0.3) is 0 Å². The van der Waals surface area contributed by atoms with Crippen LogP contribution in [0, 0.1) is 5.92 Å². The van der Waals surface area contributed by atoms with Crippen molar-refractivity contribution in [3.8, 4) is 0 Å². The molecule has 0 radical (unpaired) electrons. The number of aliphatic imine (C=N–C) groups is 1. The van der Waals surface area contributed by atoms with E-state index in [2.05, 4.69) is 41.7 Å². The fourth-order valence-corrected chi connectivity index (χ4v) is 3.66. The molecule has 26 heavy (non-hydrogen) atoms. The maximum Gasteiger partial charge on any atom is 0.191 e. The number of guanidine groups is 1. The molecule has 6 nitrogen and oxygen atoms in total. The molecular formula is C19H37IN6. The summed E-state index contributed by atoms with van der Waals surface area (Å²) in [4.78, 5) is 7.24. The molecule has 1 fully saturated rings. The van der Waals surface area contributed by atoms with Crippen LogP contribution in [0.2, 0.25) is 0 Å².